The molecule has 1 aliphatic rings. The third-order valence-corrected chi connectivity index (χ3v) is 6.20. The highest BCUT2D eigenvalue weighted by Gasteiger charge is 2.18. The molecule has 1 unspecified atom stereocenters. The standard InChI is InChI=1S/C15H17ClN6O2S2/c1-20-12(9-16)17-6-5-15(20)26-8-2-7-25-13-4-3-11-18-10-14(22(23)24)21(11)19-13/h3-6,10,12H,2,7-9H2,1H3. The Balaban J connectivity index is 1.49. The number of aromatic nitrogens is 3. The Morgan fingerprint density at radius 3 is 2.92 bits per heavy atom. The van der Waals surface area contributed by atoms with Gasteiger partial charge in [-0.1, -0.05) is 9.61 Å². The van der Waals surface area contributed by atoms with Crippen LogP contribution in [0.4, 0.5) is 5.82 Å². The molecule has 0 N–H and O–H groups in total. The lowest BCUT2D eigenvalue weighted by Crippen LogP contribution is -2.32. The van der Waals surface area contributed by atoms with Crippen molar-refractivity contribution in [1.82, 2.24) is 19.5 Å². The third kappa shape index (κ3) is 4.30. The molecule has 26 heavy (non-hydrogen) atoms. The van der Waals surface area contributed by atoms with Crippen molar-refractivity contribution in [2.45, 2.75) is 17.6 Å². The summed E-state index contributed by atoms with van der Waals surface area (Å²) >= 11 is 9.25. The quantitative estimate of drug-likeness (QED) is 0.216. The minimum atomic E-state index is -0.482. The number of imidazole rings is 1. The Morgan fingerprint density at radius 2 is 2.15 bits per heavy atom. The van der Waals surface area contributed by atoms with E-state index in [9.17, 15) is 10.1 Å². The van der Waals surface area contributed by atoms with Gasteiger partial charge in [0.2, 0.25) is 5.65 Å². The second kappa shape index (κ2) is 8.74. The molecule has 3 rings (SSSR count). The molecule has 2 aromatic rings. The van der Waals surface area contributed by atoms with Crippen molar-refractivity contribution in [3.63, 3.8) is 0 Å². The zero-order valence-electron chi connectivity index (χ0n) is 14.0. The number of halogens is 1. The molecule has 1 aliphatic heterocycles. The fourth-order valence-corrected chi connectivity index (χ4v) is 4.57. The zero-order valence-corrected chi connectivity index (χ0v) is 16.4. The maximum atomic E-state index is 11.0. The molecule has 138 valence electrons. The van der Waals surface area contributed by atoms with Crippen LogP contribution in [0, 0.1) is 10.1 Å². The van der Waals surface area contributed by atoms with E-state index in [1.807, 2.05) is 19.2 Å². The lowest BCUT2D eigenvalue weighted by Gasteiger charge is -2.29. The summed E-state index contributed by atoms with van der Waals surface area (Å²) in [5.41, 5.74) is 0.472. The molecule has 8 nitrogen and oxygen atoms in total. The largest absolute Gasteiger partial charge is 0.368 e. The molecule has 0 spiro atoms. The summed E-state index contributed by atoms with van der Waals surface area (Å²) in [7, 11) is 1.99. The first kappa shape index (κ1) is 19.0. The zero-order chi connectivity index (χ0) is 18.5. The minimum absolute atomic E-state index is 0.000407. The molecule has 0 aliphatic carbocycles. The predicted molar refractivity (Wildman–Crippen MR) is 106 cm³/mol. The van der Waals surface area contributed by atoms with Crippen LogP contribution in [0.15, 0.2) is 39.5 Å². The highest BCUT2D eigenvalue weighted by atomic mass is 35.5. The van der Waals surface area contributed by atoms with E-state index in [1.54, 1.807) is 35.8 Å². The van der Waals surface area contributed by atoms with Crippen molar-refractivity contribution < 1.29 is 4.92 Å². The smallest absolute Gasteiger partial charge is 0.358 e. The van der Waals surface area contributed by atoms with Crippen LogP contribution in [0.3, 0.4) is 0 Å². The number of nitrogens with zero attached hydrogens (tertiary/aromatic N) is 6. The van der Waals surface area contributed by atoms with Gasteiger partial charge in [0.25, 0.3) is 0 Å². The van der Waals surface area contributed by atoms with Gasteiger partial charge in [-0.25, -0.2) is 4.98 Å². The molecule has 0 amide bonds. The first-order valence-electron chi connectivity index (χ1n) is 7.87. The van der Waals surface area contributed by atoms with Crippen molar-refractivity contribution in [1.29, 1.82) is 0 Å². The Kier molecular flexibility index (Phi) is 6.38. The summed E-state index contributed by atoms with van der Waals surface area (Å²) in [5, 5.41) is 17.2. The maximum Gasteiger partial charge on any atom is 0.368 e. The van der Waals surface area contributed by atoms with Crippen LogP contribution in [0.2, 0.25) is 0 Å². The lowest BCUT2D eigenvalue weighted by atomic mass is 10.4. The van der Waals surface area contributed by atoms with Gasteiger partial charge in [-0.3, -0.25) is 4.99 Å². The van der Waals surface area contributed by atoms with Gasteiger partial charge in [0, 0.05) is 30.8 Å². The highest BCUT2D eigenvalue weighted by molar-refractivity contribution is 8.03. The van der Waals surface area contributed by atoms with Crippen LogP contribution in [0.5, 0.6) is 0 Å². The van der Waals surface area contributed by atoms with E-state index in [1.165, 1.54) is 10.7 Å². The Bertz CT molecular complexity index is 856. The number of nitro groups is 1. The lowest BCUT2D eigenvalue weighted by molar-refractivity contribution is -0.391. The number of hydrogen-bond donors (Lipinski definition) is 0. The molecule has 0 saturated heterocycles. The van der Waals surface area contributed by atoms with Crippen molar-refractivity contribution in [2.24, 2.45) is 4.99 Å². The average molecular weight is 413 g/mol. The topological polar surface area (TPSA) is 88.9 Å². The van der Waals surface area contributed by atoms with Gasteiger partial charge in [-0.15, -0.1) is 35.1 Å². The van der Waals surface area contributed by atoms with Crippen molar-refractivity contribution in [2.75, 3.05) is 24.4 Å². The van der Waals surface area contributed by atoms with Crippen LogP contribution in [0.1, 0.15) is 6.42 Å². The molecule has 0 saturated carbocycles. The average Bonchev–Trinajstić information content (AvgIpc) is 3.06. The first-order chi connectivity index (χ1) is 12.6. The van der Waals surface area contributed by atoms with E-state index in [0.717, 1.165) is 28.0 Å². The number of hydrogen-bond acceptors (Lipinski definition) is 8. The number of rotatable bonds is 8. The molecule has 0 bridgehead atoms. The fraction of sp³-hybridized carbons (Fsp3) is 0.400. The Morgan fingerprint density at radius 1 is 1.35 bits per heavy atom. The summed E-state index contributed by atoms with van der Waals surface area (Å²) in [6.07, 6.45) is 6.00. The second-order valence-electron chi connectivity index (χ2n) is 5.41. The van der Waals surface area contributed by atoms with Crippen molar-refractivity contribution in [3.05, 3.63) is 39.5 Å². The molecule has 0 radical (unpaired) electrons. The molecular weight excluding hydrogens is 396 g/mol. The van der Waals surface area contributed by atoms with E-state index in [2.05, 4.69) is 20.0 Å². The molecule has 0 fully saturated rings. The monoisotopic (exact) mass is 412 g/mol. The van der Waals surface area contributed by atoms with Gasteiger partial charge in [0.05, 0.1) is 10.9 Å². The number of fused-ring (bicyclic) bond motifs is 1. The first-order valence-corrected chi connectivity index (χ1v) is 10.4. The third-order valence-electron chi connectivity index (χ3n) is 3.70. The van der Waals surface area contributed by atoms with Crippen molar-refractivity contribution >= 4 is 52.8 Å². The number of thioether (sulfide) groups is 2. The molecule has 11 heteroatoms. The van der Waals surface area contributed by atoms with E-state index in [-0.39, 0.29) is 12.0 Å². The van der Waals surface area contributed by atoms with E-state index in [4.69, 9.17) is 11.6 Å². The van der Waals surface area contributed by atoms with Gasteiger partial charge in [0.1, 0.15) is 17.4 Å². The van der Waals surface area contributed by atoms with Gasteiger partial charge < -0.3 is 15.0 Å². The second-order valence-corrected chi connectivity index (χ2v) is 7.95. The van der Waals surface area contributed by atoms with Gasteiger partial charge in [-0.2, -0.15) is 0 Å². The van der Waals surface area contributed by atoms with E-state index < -0.39 is 4.92 Å². The van der Waals surface area contributed by atoms with Crippen molar-refractivity contribution in [3.8, 4) is 0 Å². The van der Waals surface area contributed by atoms with Crippen LogP contribution in [0.25, 0.3) is 5.65 Å². The summed E-state index contributed by atoms with van der Waals surface area (Å²) < 4.78 is 1.27. The highest BCUT2D eigenvalue weighted by Crippen LogP contribution is 2.26. The van der Waals surface area contributed by atoms with Crippen LogP contribution in [-0.4, -0.2) is 61.2 Å². The minimum Gasteiger partial charge on any atom is -0.358 e. The Labute approximate surface area is 163 Å². The molecule has 0 aromatic carbocycles. The maximum absolute atomic E-state index is 11.0. The molecule has 3 heterocycles. The molecular formula is C15H17ClN6O2S2. The Hall–Kier alpha value is -1.78. The predicted octanol–water partition coefficient (Wildman–Crippen LogP) is 3.28. The van der Waals surface area contributed by atoms with E-state index in [0.29, 0.717) is 11.5 Å². The molecule has 2 aromatic heterocycles. The number of alkyl halides is 1. The summed E-state index contributed by atoms with van der Waals surface area (Å²) in [4.78, 5) is 20.9. The molecule has 1 atom stereocenters. The number of aliphatic imine (C=N–C) groups is 1. The summed E-state index contributed by atoms with van der Waals surface area (Å²) in [6, 6.07) is 3.58. The van der Waals surface area contributed by atoms with Crippen LogP contribution >= 0.6 is 35.1 Å². The van der Waals surface area contributed by atoms with Gasteiger partial charge >= 0.3 is 5.82 Å². The van der Waals surface area contributed by atoms with E-state index >= 15 is 0 Å². The van der Waals surface area contributed by atoms with Crippen LogP contribution < -0.4 is 0 Å². The summed E-state index contributed by atoms with van der Waals surface area (Å²) in [5.74, 6) is 2.17. The normalized spacial score (nSPS) is 16.9. The van der Waals surface area contributed by atoms with Crippen LogP contribution in [-0.2, 0) is 0 Å². The SMILES string of the molecule is CN1C(SCCCSc2ccc3ncc([N+](=O)[O-])n3n2)=CC=NC1CCl. The summed E-state index contributed by atoms with van der Waals surface area (Å²) in [6.45, 7) is 0. The number of allylic oxidation sites excluding steroid dienone is 1. The van der Waals surface area contributed by atoms with Gasteiger partial charge in [-0.05, 0) is 23.5 Å². The van der Waals surface area contributed by atoms with Gasteiger partial charge in [0.15, 0.2) is 0 Å². The fourth-order valence-electron chi connectivity index (χ4n) is 2.32.